The molecule has 0 atom stereocenters. The molecular formula is C20H24FNO. The fraction of sp³-hybridized carbons (Fsp3) is 0.450. The van der Waals surface area contributed by atoms with Crippen LogP contribution >= 0.6 is 0 Å². The number of rotatable bonds is 4. The third kappa shape index (κ3) is 4.31. The van der Waals surface area contributed by atoms with E-state index in [1.165, 1.54) is 31.4 Å². The van der Waals surface area contributed by atoms with Gasteiger partial charge in [-0.3, -0.25) is 4.79 Å². The normalized spacial score (nSPS) is 21.3. The third-order valence-electron chi connectivity index (χ3n) is 4.73. The van der Waals surface area contributed by atoms with E-state index in [1.807, 2.05) is 6.08 Å². The molecule has 0 heterocycles. The monoisotopic (exact) mass is 313 g/mol. The summed E-state index contributed by atoms with van der Waals surface area (Å²) in [4.78, 5) is 12.3. The van der Waals surface area contributed by atoms with Crippen molar-refractivity contribution >= 4 is 5.78 Å². The van der Waals surface area contributed by atoms with E-state index in [2.05, 4.69) is 11.4 Å². The second-order valence-corrected chi connectivity index (χ2v) is 6.54. The Morgan fingerprint density at radius 3 is 2.57 bits per heavy atom. The molecule has 1 fully saturated rings. The highest BCUT2D eigenvalue weighted by Gasteiger charge is 2.20. The first kappa shape index (κ1) is 16.0. The summed E-state index contributed by atoms with van der Waals surface area (Å²) in [6.45, 7) is 0. The summed E-state index contributed by atoms with van der Waals surface area (Å²) in [6, 6.07) is 7.02. The van der Waals surface area contributed by atoms with Gasteiger partial charge in [0.25, 0.3) is 0 Å². The van der Waals surface area contributed by atoms with Crippen LogP contribution in [-0.2, 0) is 11.2 Å². The Morgan fingerprint density at radius 2 is 1.87 bits per heavy atom. The lowest BCUT2D eigenvalue weighted by Gasteiger charge is -2.27. The summed E-state index contributed by atoms with van der Waals surface area (Å²) >= 11 is 0. The van der Waals surface area contributed by atoms with Gasteiger partial charge in [0.15, 0.2) is 5.78 Å². The molecule has 0 amide bonds. The summed E-state index contributed by atoms with van der Waals surface area (Å²) in [5, 5.41) is 3.63. The zero-order valence-electron chi connectivity index (χ0n) is 13.5. The van der Waals surface area contributed by atoms with Gasteiger partial charge in [-0.1, -0.05) is 43.5 Å². The van der Waals surface area contributed by atoms with Crippen LogP contribution in [0.4, 0.5) is 4.39 Å². The van der Waals surface area contributed by atoms with E-state index in [1.54, 1.807) is 12.1 Å². The Balaban J connectivity index is 1.84. The molecule has 3 heteroatoms. The van der Waals surface area contributed by atoms with Crippen LogP contribution in [0.3, 0.4) is 0 Å². The van der Waals surface area contributed by atoms with Gasteiger partial charge in [0.05, 0.1) is 0 Å². The first-order chi connectivity index (χ1) is 11.2. The number of carbonyl (C=O) groups is 1. The Morgan fingerprint density at radius 1 is 1.13 bits per heavy atom. The van der Waals surface area contributed by atoms with Crippen molar-refractivity contribution in [1.29, 1.82) is 0 Å². The standard InChI is InChI=1S/C20H24FNO/c21-16-12-10-15(11-13-16)14-19(18-8-4-5-9-20(18)23)22-17-6-2-1-3-7-17/h4,8,10-13,17,22H,1-3,5-7,9,14H2/b19-18-. The van der Waals surface area contributed by atoms with E-state index >= 15 is 0 Å². The number of hydrogen-bond acceptors (Lipinski definition) is 2. The van der Waals surface area contributed by atoms with Crippen molar-refractivity contribution in [2.45, 2.75) is 57.4 Å². The molecular weight excluding hydrogens is 289 g/mol. The number of Topliss-reactive ketones (excluding diaryl/α,β-unsaturated/α-hetero) is 1. The number of allylic oxidation sites excluding steroid dienone is 4. The number of carbonyl (C=O) groups excluding carboxylic acids is 1. The SMILES string of the molecule is O=C1CCC=C/C1=C(\Cc1ccc(F)cc1)NC1CCCCC1. The minimum Gasteiger partial charge on any atom is -0.385 e. The molecule has 1 N–H and O–H groups in total. The molecule has 1 saturated carbocycles. The Bertz CT molecular complexity index is 609. The maximum Gasteiger partial charge on any atom is 0.164 e. The maximum absolute atomic E-state index is 13.1. The van der Waals surface area contributed by atoms with Crippen molar-refractivity contribution in [1.82, 2.24) is 5.32 Å². The van der Waals surface area contributed by atoms with Crippen LogP contribution in [0.25, 0.3) is 0 Å². The quantitative estimate of drug-likeness (QED) is 0.831. The number of benzene rings is 1. The van der Waals surface area contributed by atoms with Gasteiger partial charge >= 0.3 is 0 Å². The van der Waals surface area contributed by atoms with E-state index in [9.17, 15) is 9.18 Å². The molecule has 122 valence electrons. The van der Waals surface area contributed by atoms with Crippen LogP contribution in [0.1, 0.15) is 50.5 Å². The van der Waals surface area contributed by atoms with Crippen molar-refractivity contribution < 1.29 is 9.18 Å². The Kier molecular flexibility index (Phi) is 5.27. The molecule has 0 spiro atoms. The predicted octanol–water partition coefficient (Wildman–Crippen LogP) is 4.46. The average Bonchev–Trinajstić information content (AvgIpc) is 2.58. The molecule has 23 heavy (non-hydrogen) atoms. The van der Waals surface area contributed by atoms with Crippen LogP contribution in [0.15, 0.2) is 47.7 Å². The topological polar surface area (TPSA) is 29.1 Å². The predicted molar refractivity (Wildman–Crippen MR) is 90.5 cm³/mol. The van der Waals surface area contributed by atoms with Crippen LogP contribution in [0.5, 0.6) is 0 Å². The maximum atomic E-state index is 13.1. The highest BCUT2D eigenvalue weighted by molar-refractivity contribution is 5.99. The zero-order valence-corrected chi connectivity index (χ0v) is 13.5. The molecule has 0 aliphatic heterocycles. The van der Waals surface area contributed by atoms with Gasteiger partial charge < -0.3 is 5.32 Å². The molecule has 2 nitrogen and oxygen atoms in total. The molecule has 2 aliphatic carbocycles. The van der Waals surface area contributed by atoms with Gasteiger partial charge in [-0.25, -0.2) is 4.39 Å². The molecule has 0 radical (unpaired) electrons. The molecule has 0 aromatic heterocycles. The van der Waals surface area contributed by atoms with Crippen molar-refractivity contribution in [2.75, 3.05) is 0 Å². The van der Waals surface area contributed by atoms with Crippen molar-refractivity contribution in [3.05, 3.63) is 59.1 Å². The van der Waals surface area contributed by atoms with Crippen LogP contribution in [0.2, 0.25) is 0 Å². The summed E-state index contributed by atoms with van der Waals surface area (Å²) in [5.74, 6) is -0.00949. The Labute approximate surface area is 137 Å². The van der Waals surface area contributed by atoms with Gasteiger partial charge in [-0.15, -0.1) is 0 Å². The Hall–Kier alpha value is -1.90. The van der Waals surface area contributed by atoms with E-state index < -0.39 is 0 Å². The summed E-state index contributed by atoms with van der Waals surface area (Å²) < 4.78 is 13.1. The lowest BCUT2D eigenvalue weighted by Crippen LogP contribution is -2.33. The first-order valence-electron chi connectivity index (χ1n) is 8.66. The number of hydrogen-bond donors (Lipinski definition) is 1. The molecule has 0 unspecified atom stereocenters. The van der Waals surface area contributed by atoms with Crippen LogP contribution < -0.4 is 5.32 Å². The molecule has 1 aromatic rings. The van der Waals surface area contributed by atoms with E-state index in [4.69, 9.17) is 0 Å². The minimum absolute atomic E-state index is 0.216. The average molecular weight is 313 g/mol. The number of nitrogens with one attached hydrogen (secondary N) is 1. The van der Waals surface area contributed by atoms with Gasteiger partial charge in [0.2, 0.25) is 0 Å². The first-order valence-corrected chi connectivity index (χ1v) is 8.66. The van der Waals surface area contributed by atoms with Gasteiger partial charge in [0, 0.05) is 30.2 Å². The minimum atomic E-state index is -0.225. The van der Waals surface area contributed by atoms with E-state index in [0.29, 0.717) is 18.9 Å². The van der Waals surface area contributed by atoms with Gasteiger partial charge in [0.1, 0.15) is 5.82 Å². The second kappa shape index (κ2) is 7.58. The van der Waals surface area contributed by atoms with Crippen molar-refractivity contribution in [3.8, 4) is 0 Å². The van der Waals surface area contributed by atoms with Crippen LogP contribution in [-0.4, -0.2) is 11.8 Å². The number of halogens is 1. The van der Waals surface area contributed by atoms with Crippen LogP contribution in [0, 0.1) is 5.82 Å². The smallest absolute Gasteiger partial charge is 0.164 e. The van der Waals surface area contributed by atoms with Crippen molar-refractivity contribution in [2.24, 2.45) is 0 Å². The molecule has 0 bridgehead atoms. The zero-order chi connectivity index (χ0) is 16.1. The molecule has 0 saturated heterocycles. The second-order valence-electron chi connectivity index (χ2n) is 6.54. The highest BCUT2D eigenvalue weighted by atomic mass is 19.1. The lowest BCUT2D eigenvalue weighted by molar-refractivity contribution is -0.115. The molecule has 3 rings (SSSR count). The van der Waals surface area contributed by atoms with E-state index in [-0.39, 0.29) is 11.6 Å². The van der Waals surface area contributed by atoms with Gasteiger partial charge in [-0.05, 0) is 37.0 Å². The number of ketones is 1. The summed E-state index contributed by atoms with van der Waals surface area (Å²) in [6.07, 6.45) is 12.2. The molecule has 1 aromatic carbocycles. The largest absolute Gasteiger partial charge is 0.385 e. The van der Waals surface area contributed by atoms with Gasteiger partial charge in [-0.2, -0.15) is 0 Å². The lowest BCUT2D eigenvalue weighted by atomic mass is 9.92. The van der Waals surface area contributed by atoms with E-state index in [0.717, 1.165) is 36.1 Å². The fourth-order valence-corrected chi connectivity index (χ4v) is 3.44. The fourth-order valence-electron chi connectivity index (χ4n) is 3.44. The summed E-state index contributed by atoms with van der Waals surface area (Å²) in [7, 11) is 0. The third-order valence-corrected chi connectivity index (χ3v) is 4.73. The van der Waals surface area contributed by atoms with Crippen molar-refractivity contribution in [3.63, 3.8) is 0 Å². The summed E-state index contributed by atoms with van der Waals surface area (Å²) in [5.41, 5.74) is 2.85. The molecule has 2 aliphatic rings. The highest BCUT2D eigenvalue weighted by Crippen LogP contribution is 2.23.